The predicted molar refractivity (Wildman–Crippen MR) is 99.4 cm³/mol. The molecule has 0 N–H and O–H groups in total. The molecule has 6 nitrogen and oxygen atoms in total. The van der Waals surface area contributed by atoms with E-state index in [-0.39, 0.29) is 5.91 Å². The monoisotopic (exact) mass is 350 g/mol. The summed E-state index contributed by atoms with van der Waals surface area (Å²) in [6.45, 7) is 4.42. The van der Waals surface area contributed by atoms with Crippen LogP contribution in [0, 0.1) is 6.92 Å². The number of hydrogen-bond acceptors (Lipinski definition) is 3. The Morgan fingerprint density at radius 1 is 1.12 bits per heavy atom. The second-order valence-corrected chi connectivity index (χ2v) is 6.57. The summed E-state index contributed by atoms with van der Waals surface area (Å²) < 4.78 is 9.13. The van der Waals surface area contributed by atoms with E-state index in [1.807, 2.05) is 72.1 Å². The molecule has 134 valence electrons. The third-order valence-corrected chi connectivity index (χ3v) is 4.71. The first-order valence-corrected chi connectivity index (χ1v) is 8.79. The summed E-state index contributed by atoms with van der Waals surface area (Å²) in [6.07, 6.45) is 1.98. The summed E-state index contributed by atoms with van der Waals surface area (Å²) in [7, 11) is 1.98. The Bertz CT molecular complexity index is 918. The summed E-state index contributed by atoms with van der Waals surface area (Å²) in [6, 6.07) is 13.9. The van der Waals surface area contributed by atoms with E-state index in [4.69, 9.17) is 9.84 Å². The third kappa shape index (κ3) is 3.04. The molecule has 1 aromatic carbocycles. The Hall–Kier alpha value is -2.86. The number of hydrogen-bond donors (Lipinski definition) is 0. The minimum Gasteiger partial charge on any atom is -0.378 e. The number of rotatable bonds is 3. The smallest absolute Gasteiger partial charge is 0.272 e. The van der Waals surface area contributed by atoms with Crippen molar-refractivity contribution in [2.24, 2.45) is 7.05 Å². The fraction of sp³-hybridized carbons (Fsp3) is 0.300. The van der Waals surface area contributed by atoms with Gasteiger partial charge >= 0.3 is 0 Å². The van der Waals surface area contributed by atoms with Gasteiger partial charge < -0.3 is 14.2 Å². The fourth-order valence-corrected chi connectivity index (χ4v) is 3.20. The molecule has 1 fully saturated rings. The number of nitrogens with zero attached hydrogens (tertiary/aromatic N) is 4. The van der Waals surface area contributed by atoms with Crippen molar-refractivity contribution in [3.63, 3.8) is 0 Å². The fourth-order valence-electron chi connectivity index (χ4n) is 3.20. The highest BCUT2D eigenvalue weighted by Crippen LogP contribution is 2.23. The molecule has 0 unspecified atom stereocenters. The van der Waals surface area contributed by atoms with Crippen LogP contribution in [0.15, 0.2) is 48.7 Å². The maximum Gasteiger partial charge on any atom is 0.272 e. The van der Waals surface area contributed by atoms with Gasteiger partial charge in [0.1, 0.15) is 11.4 Å². The highest BCUT2D eigenvalue weighted by Gasteiger charge is 2.24. The minimum absolute atomic E-state index is 0.0122. The van der Waals surface area contributed by atoms with Crippen LogP contribution < -0.4 is 0 Å². The molecular formula is C20H22N4O2. The van der Waals surface area contributed by atoms with Crippen molar-refractivity contribution in [1.29, 1.82) is 0 Å². The lowest BCUT2D eigenvalue weighted by atomic mass is 10.2. The average Bonchev–Trinajstić information content (AvgIpc) is 3.28. The first-order valence-electron chi connectivity index (χ1n) is 8.79. The van der Waals surface area contributed by atoms with E-state index in [0.717, 1.165) is 17.1 Å². The zero-order valence-electron chi connectivity index (χ0n) is 15.1. The Morgan fingerprint density at radius 2 is 1.85 bits per heavy atom. The average molecular weight is 350 g/mol. The minimum atomic E-state index is -0.0122. The Kier molecular flexibility index (Phi) is 4.34. The van der Waals surface area contributed by atoms with Crippen LogP contribution in [-0.2, 0) is 11.8 Å². The molecule has 1 saturated heterocycles. The van der Waals surface area contributed by atoms with Crippen LogP contribution in [0.5, 0.6) is 0 Å². The topological polar surface area (TPSA) is 52.3 Å². The molecule has 0 spiro atoms. The second kappa shape index (κ2) is 6.80. The van der Waals surface area contributed by atoms with Crippen LogP contribution in [-0.4, -0.2) is 51.5 Å². The number of aromatic nitrogens is 3. The van der Waals surface area contributed by atoms with E-state index >= 15 is 0 Å². The van der Waals surface area contributed by atoms with Crippen LogP contribution in [0.3, 0.4) is 0 Å². The van der Waals surface area contributed by atoms with Crippen LogP contribution in [0.1, 0.15) is 16.1 Å². The molecule has 2 aromatic heterocycles. The lowest BCUT2D eigenvalue weighted by molar-refractivity contribution is 0.0297. The first-order chi connectivity index (χ1) is 12.6. The molecule has 0 saturated carbocycles. The van der Waals surface area contributed by atoms with Crippen molar-refractivity contribution in [2.45, 2.75) is 6.92 Å². The van der Waals surface area contributed by atoms with Gasteiger partial charge in [-0.2, -0.15) is 5.10 Å². The van der Waals surface area contributed by atoms with Crippen LogP contribution >= 0.6 is 0 Å². The van der Waals surface area contributed by atoms with E-state index in [2.05, 4.69) is 0 Å². The number of ether oxygens (including phenoxy) is 1. The van der Waals surface area contributed by atoms with Crippen molar-refractivity contribution in [2.75, 3.05) is 26.3 Å². The number of carbonyl (C=O) groups is 1. The number of amides is 1. The quantitative estimate of drug-likeness (QED) is 0.730. The van der Waals surface area contributed by atoms with E-state index in [1.54, 1.807) is 4.68 Å². The molecule has 0 bridgehead atoms. The van der Waals surface area contributed by atoms with Crippen molar-refractivity contribution in [3.05, 3.63) is 59.9 Å². The molecule has 3 aromatic rings. The molecule has 1 amide bonds. The molecule has 3 heterocycles. The summed E-state index contributed by atoms with van der Waals surface area (Å²) in [5.41, 5.74) is 4.39. The van der Waals surface area contributed by atoms with Crippen molar-refractivity contribution in [3.8, 4) is 17.1 Å². The van der Waals surface area contributed by atoms with Crippen LogP contribution in [0.25, 0.3) is 17.1 Å². The SMILES string of the molecule is Cc1ccc(-n2nc(-c3cccn3C)cc2C(=O)N2CCOCC2)cc1. The molecule has 0 aliphatic carbocycles. The van der Waals surface area contributed by atoms with Gasteiger partial charge in [-0.1, -0.05) is 17.7 Å². The predicted octanol–water partition coefficient (Wildman–Crippen LogP) is 2.66. The Morgan fingerprint density at radius 3 is 2.50 bits per heavy atom. The summed E-state index contributed by atoms with van der Waals surface area (Å²) in [5.74, 6) is -0.0122. The summed E-state index contributed by atoms with van der Waals surface area (Å²) in [5, 5.41) is 4.75. The van der Waals surface area contributed by atoms with Gasteiger partial charge in [0.2, 0.25) is 0 Å². The van der Waals surface area contributed by atoms with Gasteiger partial charge in [-0.15, -0.1) is 0 Å². The number of morpholine rings is 1. The molecule has 1 aliphatic rings. The molecule has 26 heavy (non-hydrogen) atoms. The lowest BCUT2D eigenvalue weighted by Crippen LogP contribution is -2.41. The highest BCUT2D eigenvalue weighted by atomic mass is 16.5. The molecule has 0 atom stereocenters. The Balaban J connectivity index is 1.79. The van der Waals surface area contributed by atoms with Gasteiger partial charge in [-0.25, -0.2) is 4.68 Å². The zero-order valence-corrected chi connectivity index (χ0v) is 15.1. The van der Waals surface area contributed by atoms with Gasteiger partial charge in [0, 0.05) is 26.3 Å². The van der Waals surface area contributed by atoms with E-state index in [1.165, 1.54) is 5.56 Å². The lowest BCUT2D eigenvalue weighted by Gasteiger charge is -2.26. The van der Waals surface area contributed by atoms with Gasteiger partial charge in [0.25, 0.3) is 5.91 Å². The largest absolute Gasteiger partial charge is 0.378 e. The van der Waals surface area contributed by atoms with Gasteiger partial charge in [0.15, 0.2) is 0 Å². The number of aryl methyl sites for hydroxylation is 2. The van der Waals surface area contributed by atoms with Gasteiger partial charge in [-0.3, -0.25) is 4.79 Å². The summed E-state index contributed by atoms with van der Waals surface area (Å²) in [4.78, 5) is 15.0. The first kappa shape index (κ1) is 16.6. The molecule has 0 radical (unpaired) electrons. The maximum absolute atomic E-state index is 13.1. The van der Waals surface area contributed by atoms with Crippen LogP contribution in [0.2, 0.25) is 0 Å². The van der Waals surface area contributed by atoms with Crippen molar-refractivity contribution in [1.82, 2.24) is 19.2 Å². The zero-order chi connectivity index (χ0) is 18.1. The standard InChI is InChI=1S/C20H22N4O2/c1-15-5-7-16(8-6-15)24-19(20(25)23-10-12-26-13-11-23)14-17(21-24)18-4-3-9-22(18)2/h3-9,14H,10-13H2,1-2H3. The Labute approximate surface area is 152 Å². The highest BCUT2D eigenvalue weighted by molar-refractivity contribution is 5.94. The number of benzene rings is 1. The normalized spacial score (nSPS) is 14.6. The van der Waals surface area contributed by atoms with E-state index < -0.39 is 0 Å². The maximum atomic E-state index is 13.1. The van der Waals surface area contributed by atoms with Crippen LogP contribution in [0.4, 0.5) is 0 Å². The molecule has 1 aliphatic heterocycles. The van der Waals surface area contributed by atoms with Crippen molar-refractivity contribution < 1.29 is 9.53 Å². The van der Waals surface area contributed by atoms with Crippen molar-refractivity contribution >= 4 is 5.91 Å². The van der Waals surface area contributed by atoms with Gasteiger partial charge in [0.05, 0.1) is 24.6 Å². The summed E-state index contributed by atoms with van der Waals surface area (Å²) >= 11 is 0. The number of carbonyl (C=O) groups excluding carboxylic acids is 1. The molecule has 6 heteroatoms. The second-order valence-electron chi connectivity index (χ2n) is 6.57. The molecular weight excluding hydrogens is 328 g/mol. The molecule has 4 rings (SSSR count). The van der Waals surface area contributed by atoms with E-state index in [9.17, 15) is 4.79 Å². The van der Waals surface area contributed by atoms with Gasteiger partial charge in [-0.05, 0) is 37.3 Å². The third-order valence-electron chi connectivity index (χ3n) is 4.71. The van der Waals surface area contributed by atoms with E-state index in [0.29, 0.717) is 32.0 Å².